The van der Waals surface area contributed by atoms with Crippen LogP contribution in [0.1, 0.15) is 26.7 Å². The van der Waals surface area contributed by atoms with E-state index in [0.717, 1.165) is 12.0 Å². The minimum Gasteiger partial charge on any atom is -0.392 e. The minimum absolute atomic E-state index is 0.0695. The normalized spacial score (nSPS) is 27.9. The molecular weight excluding hydrogens is 168 g/mol. The Morgan fingerprint density at radius 3 is 2.31 bits per heavy atom. The molecule has 0 saturated carbocycles. The lowest BCUT2D eigenvalue weighted by atomic mass is 9.72. The first-order valence-electron chi connectivity index (χ1n) is 4.65. The average Bonchev–Trinajstić information content (AvgIpc) is 2.08. The van der Waals surface area contributed by atoms with Gasteiger partial charge in [0.1, 0.15) is 0 Å². The van der Waals surface area contributed by atoms with Crippen molar-refractivity contribution in [3.8, 4) is 0 Å². The van der Waals surface area contributed by atoms with Gasteiger partial charge in [0.25, 0.3) is 0 Å². The van der Waals surface area contributed by atoms with Gasteiger partial charge in [0.2, 0.25) is 0 Å². The maximum Gasteiger partial charge on any atom is 0.0776 e. The molecule has 1 rings (SSSR count). The Morgan fingerprint density at radius 1 is 1.31 bits per heavy atom. The fraction of sp³-hybridized carbons (Fsp3) is 0.800. The molecule has 1 aliphatic rings. The van der Waals surface area contributed by atoms with Crippen molar-refractivity contribution < 1.29 is 15.3 Å². The van der Waals surface area contributed by atoms with E-state index in [1.54, 1.807) is 0 Å². The summed E-state index contributed by atoms with van der Waals surface area (Å²) in [6.45, 7) is 3.83. The van der Waals surface area contributed by atoms with E-state index < -0.39 is 6.10 Å². The second-order valence-corrected chi connectivity index (χ2v) is 4.26. The highest BCUT2D eigenvalue weighted by molar-refractivity contribution is 5.27. The predicted octanol–water partition coefficient (Wildman–Crippen LogP) is 0.448. The van der Waals surface area contributed by atoms with E-state index in [9.17, 15) is 5.11 Å². The average molecular weight is 186 g/mol. The highest BCUT2D eigenvalue weighted by Crippen LogP contribution is 2.39. The summed E-state index contributed by atoms with van der Waals surface area (Å²) < 4.78 is 0. The van der Waals surface area contributed by atoms with Crippen molar-refractivity contribution in [2.45, 2.75) is 32.8 Å². The monoisotopic (exact) mass is 186 g/mol. The van der Waals surface area contributed by atoms with Crippen LogP contribution in [0.3, 0.4) is 0 Å². The van der Waals surface area contributed by atoms with E-state index in [1.165, 1.54) is 0 Å². The summed E-state index contributed by atoms with van der Waals surface area (Å²) in [6, 6.07) is 0. The molecule has 0 heterocycles. The Balaban J connectivity index is 3.06. The highest BCUT2D eigenvalue weighted by Gasteiger charge is 2.33. The molecule has 1 atom stereocenters. The summed E-state index contributed by atoms with van der Waals surface area (Å²) in [5, 5.41) is 27.8. The minimum atomic E-state index is -0.569. The van der Waals surface area contributed by atoms with Crippen molar-refractivity contribution in [3.05, 3.63) is 11.1 Å². The Hall–Kier alpha value is -0.380. The van der Waals surface area contributed by atoms with Gasteiger partial charge in [-0.25, -0.2) is 0 Å². The summed E-state index contributed by atoms with van der Waals surface area (Å²) in [5.74, 6) is 0. The molecule has 3 nitrogen and oxygen atoms in total. The number of hydrogen-bond acceptors (Lipinski definition) is 3. The maximum atomic E-state index is 9.57. The van der Waals surface area contributed by atoms with Crippen LogP contribution >= 0.6 is 0 Å². The van der Waals surface area contributed by atoms with E-state index in [1.807, 2.05) is 13.8 Å². The molecule has 0 bridgehead atoms. The fourth-order valence-corrected chi connectivity index (χ4v) is 1.97. The fourth-order valence-electron chi connectivity index (χ4n) is 1.97. The lowest BCUT2D eigenvalue weighted by molar-refractivity contribution is 0.132. The largest absolute Gasteiger partial charge is 0.392 e. The maximum absolute atomic E-state index is 9.57. The molecule has 13 heavy (non-hydrogen) atoms. The topological polar surface area (TPSA) is 60.7 Å². The van der Waals surface area contributed by atoms with Crippen molar-refractivity contribution in [1.29, 1.82) is 0 Å². The SMILES string of the molecule is CC1(C)CCC(O)C(CO)=C1CO. The number of hydrogen-bond donors (Lipinski definition) is 3. The van der Waals surface area contributed by atoms with Gasteiger partial charge in [-0.1, -0.05) is 13.8 Å². The van der Waals surface area contributed by atoms with Crippen molar-refractivity contribution in [2.24, 2.45) is 5.41 Å². The number of rotatable bonds is 2. The Morgan fingerprint density at radius 2 is 1.92 bits per heavy atom. The van der Waals surface area contributed by atoms with Crippen molar-refractivity contribution in [3.63, 3.8) is 0 Å². The molecule has 3 N–H and O–H groups in total. The van der Waals surface area contributed by atoms with Crippen LogP contribution in [-0.4, -0.2) is 34.6 Å². The van der Waals surface area contributed by atoms with Crippen LogP contribution in [0.25, 0.3) is 0 Å². The summed E-state index contributed by atoms with van der Waals surface area (Å²) in [4.78, 5) is 0. The van der Waals surface area contributed by atoms with Crippen LogP contribution in [0.2, 0.25) is 0 Å². The van der Waals surface area contributed by atoms with E-state index in [0.29, 0.717) is 12.0 Å². The lowest BCUT2D eigenvalue weighted by Gasteiger charge is -2.36. The zero-order chi connectivity index (χ0) is 10.1. The van der Waals surface area contributed by atoms with Crippen molar-refractivity contribution >= 4 is 0 Å². The van der Waals surface area contributed by atoms with Gasteiger partial charge in [-0.05, 0) is 29.4 Å². The molecule has 0 fully saturated rings. The van der Waals surface area contributed by atoms with Gasteiger partial charge in [-0.2, -0.15) is 0 Å². The van der Waals surface area contributed by atoms with Gasteiger partial charge in [0.05, 0.1) is 19.3 Å². The van der Waals surface area contributed by atoms with E-state index in [-0.39, 0.29) is 18.6 Å². The summed E-state index contributed by atoms with van der Waals surface area (Å²) in [5.41, 5.74) is 1.32. The third-order valence-corrected chi connectivity index (χ3v) is 2.98. The molecule has 1 unspecified atom stereocenters. The van der Waals surface area contributed by atoms with Gasteiger partial charge in [-0.3, -0.25) is 0 Å². The molecule has 0 aromatic rings. The predicted molar refractivity (Wildman–Crippen MR) is 50.2 cm³/mol. The van der Waals surface area contributed by atoms with Crippen molar-refractivity contribution in [2.75, 3.05) is 13.2 Å². The van der Waals surface area contributed by atoms with Gasteiger partial charge in [0, 0.05) is 0 Å². The third kappa shape index (κ3) is 1.93. The molecule has 0 aliphatic heterocycles. The van der Waals surface area contributed by atoms with Crippen LogP contribution in [0.4, 0.5) is 0 Å². The zero-order valence-electron chi connectivity index (χ0n) is 8.25. The van der Waals surface area contributed by atoms with Crippen LogP contribution in [0, 0.1) is 5.41 Å². The summed E-state index contributed by atoms with van der Waals surface area (Å²) in [7, 11) is 0. The molecule has 0 amide bonds. The molecule has 0 radical (unpaired) electrons. The van der Waals surface area contributed by atoms with Gasteiger partial charge in [-0.15, -0.1) is 0 Å². The van der Waals surface area contributed by atoms with E-state index >= 15 is 0 Å². The molecule has 0 spiro atoms. The van der Waals surface area contributed by atoms with Crippen molar-refractivity contribution in [1.82, 2.24) is 0 Å². The second kappa shape index (κ2) is 3.78. The quantitative estimate of drug-likeness (QED) is 0.549. The standard InChI is InChI=1S/C10H18O3/c1-10(2)4-3-9(13)7(5-11)8(10)6-12/h9,11-13H,3-6H2,1-2H3. The first kappa shape index (κ1) is 10.7. The van der Waals surface area contributed by atoms with E-state index in [2.05, 4.69) is 0 Å². The lowest BCUT2D eigenvalue weighted by Crippen LogP contribution is -2.31. The Labute approximate surface area is 78.7 Å². The van der Waals surface area contributed by atoms with Crippen LogP contribution < -0.4 is 0 Å². The van der Waals surface area contributed by atoms with Crippen LogP contribution in [-0.2, 0) is 0 Å². The molecule has 3 heteroatoms. The van der Waals surface area contributed by atoms with E-state index in [4.69, 9.17) is 10.2 Å². The summed E-state index contributed by atoms with van der Waals surface area (Å²) in [6.07, 6.45) is 0.958. The smallest absolute Gasteiger partial charge is 0.0776 e. The second-order valence-electron chi connectivity index (χ2n) is 4.26. The van der Waals surface area contributed by atoms with Crippen LogP contribution in [0.15, 0.2) is 11.1 Å². The summed E-state index contributed by atoms with van der Waals surface area (Å²) >= 11 is 0. The first-order chi connectivity index (χ1) is 6.03. The zero-order valence-corrected chi connectivity index (χ0v) is 8.25. The van der Waals surface area contributed by atoms with Gasteiger partial charge >= 0.3 is 0 Å². The molecule has 0 saturated heterocycles. The highest BCUT2D eigenvalue weighted by atomic mass is 16.3. The Kier molecular flexibility index (Phi) is 3.11. The molecular formula is C10H18O3. The molecule has 1 aliphatic carbocycles. The van der Waals surface area contributed by atoms with Gasteiger partial charge < -0.3 is 15.3 Å². The number of aliphatic hydroxyl groups excluding tert-OH is 3. The Bertz CT molecular complexity index is 218. The number of aliphatic hydroxyl groups is 3. The molecule has 76 valence electrons. The van der Waals surface area contributed by atoms with Crippen LogP contribution in [0.5, 0.6) is 0 Å². The first-order valence-corrected chi connectivity index (χ1v) is 4.65. The molecule has 0 aromatic heterocycles. The van der Waals surface area contributed by atoms with Gasteiger partial charge in [0.15, 0.2) is 0 Å². The third-order valence-electron chi connectivity index (χ3n) is 2.98. The molecule has 0 aromatic carbocycles.